The second kappa shape index (κ2) is 1.99. The molecule has 1 saturated carbocycles. The average Bonchev–Trinajstić information content (AvgIpc) is 1.57. The summed E-state index contributed by atoms with van der Waals surface area (Å²) in [5, 5.41) is 0.799. The van der Waals surface area contributed by atoms with Gasteiger partial charge in [-0.1, -0.05) is 0 Å². The Morgan fingerprint density at radius 2 is 1.67 bits per heavy atom. The SMILES string of the molecule is BC1([PH](C)(C)C)CCC1. The van der Waals surface area contributed by atoms with Crippen LogP contribution >= 0.6 is 7.26 Å². The third-order valence-electron chi connectivity index (χ3n) is 3.27. The Bertz CT molecular complexity index is 111. The summed E-state index contributed by atoms with van der Waals surface area (Å²) in [6.45, 7) is 7.48. The van der Waals surface area contributed by atoms with Crippen molar-refractivity contribution in [2.24, 2.45) is 0 Å². The molecule has 0 aromatic heterocycles. The Kier molecular flexibility index (Phi) is 1.68. The van der Waals surface area contributed by atoms with E-state index in [9.17, 15) is 0 Å². The average molecular weight is 144 g/mol. The van der Waals surface area contributed by atoms with Crippen LogP contribution in [0.15, 0.2) is 0 Å². The van der Waals surface area contributed by atoms with E-state index in [0.29, 0.717) is 0 Å². The van der Waals surface area contributed by atoms with E-state index in [4.69, 9.17) is 0 Å². The Balaban J connectivity index is 2.59. The Morgan fingerprint density at radius 1 is 1.22 bits per heavy atom. The van der Waals surface area contributed by atoms with Crippen molar-refractivity contribution in [2.45, 2.75) is 24.3 Å². The molecule has 0 amide bonds. The van der Waals surface area contributed by atoms with E-state index in [1.807, 2.05) is 0 Å². The van der Waals surface area contributed by atoms with Crippen molar-refractivity contribution in [2.75, 3.05) is 20.0 Å². The second-order valence-electron chi connectivity index (χ2n) is 4.66. The van der Waals surface area contributed by atoms with Gasteiger partial charge < -0.3 is 0 Å². The van der Waals surface area contributed by atoms with Crippen molar-refractivity contribution < 1.29 is 0 Å². The van der Waals surface area contributed by atoms with Gasteiger partial charge >= 0.3 is 59.4 Å². The number of rotatable bonds is 1. The van der Waals surface area contributed by atoms with Crippen LogP contribution < -0.4 is 0 Å². The van der Waals surface area contributed by atoms with Gasteiger partial charge in [-0.3, -0.25) is 0 Å². The molecule has 0 nitrogen and oxygen atoms in total. The van der Waals surface area contributed by atoms with Crippen molar-refractivity contribution in [3.8, 4) is 0 Å². The number of hydrogen-bond acceptors (Lipinski definition) is 0. The van der Waals surface area contributed by atoms with E-state index in [1.165, 1.54) is 19.3 Å². The first kappa shape index (κ1) is 7.60. The topological polar surface area (TPSA) is 0 Å². The third-order valence-corrected chi connectivity index (χ3v) is 7.39. The minimum atomic E-state index is -0.798. The molecule has 0 radical (unpaired) electrons. The summed E-state index contributed by atoms with van der Waals surface area (Å²) in [6, 6.07) is 0. The van der Waals surface area contributed by atoms with Crippen LogP contribution in [0.1, 0.15) is 19.3 Å². The summed E-state index contributed by atoms with van der Waals surface area (Å²) in [6.07, 6.45) is 4.49. The molecule has 1 rings (SSSR count). The van der Waals surface area contributed by atoms with Crippen LogP contribution in [0.25, 0.3) is 0 Å². The molecule has 2 heteroatoms. The maximum atomic E-state index is 2.49. The maximum absolute atomic E-state index is 2.49. The molecule has 0 unspecified atom stereocenters. The van der Waals surface area contributed by atoms with Crippen LogP contribution in [0.4, 0.5) is 0 Å². The van der Waals surface area contributed by atoms with Gasteiger partial charge in [0.1, 0.15) is 0 Å². The van der Waals surface area contributed by atoms with Gasteiger partial charge in [0.15, 0.2) is 0 Å². The van der Waals surface area contributed by atoms with Crippen molar-refractivity contribution in [1.82, 2.24) is 0 Å². The summed E-state index contributed by atoms with van der Waals surface area (Å²) in [5.74, 6) is 0. The molecule has 1 aliphatic rings. The molecular formula is C7H18BP. The first-order chi connectivity index (χ1) is 3.96. The van der Waals surface area contributed by atoms with Crippen molar-refractivity contribution in [1.29, 1.82) is 0 Å². The quantitative estimate of drug-likeness (QED) is 0.382. The molecule has 0 heterocycles. The van der Waals surface area contributed by atoms with Crippen molar-refractivity contribution in [3.05, 3.63) is 0 Å². The fourth-order valence-electron chi connectivity index (χ4n) is 1.46. The molecule has 1 fully saturated rings. The van der Waals surface area contributed by atoms with E-state index in [-0.39, 0.29) is 0 Å². The first-order valence-electron chi connectivity index (χ1n) is 3.96. The molecule has 0 N–H and O–H groups in total. The van der Waals surface area contributed by atoms with Gasteiger partial charge in [-0.2, -0.15) is 0 Å². The number of hydrogen-bond donors (Lipinski definition) is 0. The summed E-state index contributed by atoms with van der Waals surface area (Å²) < 4.78 is 0. The van der Waals surface area contributed by atoms with Crippen LogP contribution in [-0.2, 0) is 0 Å². The van der Waals surface area contributed by atoms with Crippen LogP contribution in [-0.4, -0.2) is 32.9 Å². The van der Waals surface area contributed by atoms with Crippen LogP contribution in [0.5, 0.6) is 0 Å². The zero-order valence-corrected chi connectivity index (χ0v) is 8.12. The van der Waals surface area contributed by atoms with Gasteiger partial charge in [0.05, 0.1) is 0 Å². The molecule has 1 aliphatic carbocycles. The van der Waals surface area contributed by atoms with Crippen molar-refractivity contribution in [3.63, 3.8) is 0 Å². The van der Waals surface area contributed by atoms with Gasteiger partial charge in [-0.05, 0) is 0 Å². The molecule has 0 atom stereocenters. The molecule has 0 aromatic rings. The fourth-order valence-corrected chi connectivity index (χ4v) is 3.31. The van der Waals surface area contributed by atoms with Gasteiger partial charge in [0, 0.05) is 0 Å². The molecule has 0 aromatic carbocycles. The van der Waals surface area contributed by atoms with Crippen LogP contribution in [0, 0.1) is 0 Å². The normalized spacial score (nSPS) is 27.0. The van der Waals surface area contributed by atoms with E-state index in [1.54, 1.807) is 0 Å². The molecular weight excluding hydrogens is 126 g/mol. The van der Waals surface area contributed by atoms with E-state index in [2.05, 4.69) is 27.8 Å². The minimum absolute atomic E-state index is 0.798. The second-order valence-corrected chi connectivity index (χ2v) is 10.4. The summed E-state index contributed by atoms with van der Waals surface area (Å²) in [4.78, 5) is 0. The first-order valence-corrected chi connectivity index (χ1v) is 7.46. The molecule has 0 aliphatic heterocycles. The predicted molar refractivity (Wildman–Crippen MR) is 51.2 cm³/mol. The Labute approximate surface area is 60.2 Å². The Hall–Kier alpha value is 0.495. The predicted octanol–water partition coefficient (Wildman–Crippen LogP) is 1.14. The van der Waals surface area contributed by atoms with Gasteiger partial charge in [-0.15, -0.1) is 0 Å². The Morgan fingerprint density at radius 3 is 1.67 bits per heavy atom. The van der Waals surface area contributed by atoms with Crippen LogP contribution in [0.3, 0.4) is 0 Å². The summed E-state index contributed by atoms with van der Waals surface area (Å²) in [7, 11) is 1.68. The summed E-state index contributed by atoms with van der Waals surface area (Å²) in [5.41, 5.74) is 0. The zero-order valence-electron chi connectivity index (χ0n) is 7.12. The molecule has 0 saturated heterocycles. The standard InChI is InChI=1S/C7H18BP/c1-9(2,3)7(8)5-4-6-7/h9H,4-6,8H2,1-3H3. The van der Waals surface area contributed by atoms with Gasteiger partial charge in [-0.25, -0.2) is 0 Å². The third kappa shape index (κ3) is 1.17. The van der Waals surface area contributed by atoms with E-state index in [0.717, 1.165) is 5.06 Å². The van der Waals surface area contributed by atoms with Gasteiger partial charge in [0.25, 0.3) is 0 Å². The fraction of sp³-hybridized carbons (Fsp3) is 1.00. The van der Waals surface area contributed by atoms with E-state index < -0.39 is 7.26 Å². The monoisotopic (exact) mass is 144 g/mol. The molecule has 9 heavy (non-hydrogen) atoms. The molecule has 54 valence electrons. The zero-order chi connectivity index (χ0) is 7.12. The van der Waals surface area contributed by atoms with Crippen LogP contribution in [0.2, 0.25) is 0 Å². The van der Waals surface area contributed by atoms with Gasteiger partial charge in [0.2, 0.25) is 0 Å². The van der Waals surface area contributed by atoms with E-state index >= 15 is 0 Å². The molecule has 0 spiro atoms. The van der Waals surface area contributed by atoms with Crippen molar-refractivity contribution >= 4 is 15.1 Å². The molecule has 0 bridgehead atoms. The summed E-state index contributed by atoms with van der Waals surface area (Å²) >= 11 is 0.